The van der Waals surface area contributed by atoms with Gasteiger partial charge in [0.25, 0.3) is 5.91 Å². The van der Waals surface area contributed by atoms with E-state index in [9.17, 15) is 4.79 Å². The topological polar surface area (TPSA) is 72.5 Å². The van der Waals surface area contributed by atoms with Gasteiger partial charge < -0.3 is 20.1 Å². The molecule has 6 nitrogen and oxygen atoms in total. The third kappa shape index (κ3) is 3.80. The SMILES string of the molecule is COc1ccccc1Nc1nc(C)c(C(=O)NCc2ccc3c(c2)CCO3)s1. The van der Waals surface area contributed by atoms with E-state index in [4.69, 9.17) is 9.47 Å². The molecule has 2 heterocycles. The fourth-order valence-electron chi connectivity index (χ4n) is 3.14. The van der Waals surface area contributed by atoms with Crippen molar-refractivity contribution in [3.63, 3.8) is 0 Å². The number of hydrogen-bond acceptors (Lipinski definition) is 6. The Hall–Kier alpha value is -3.06. The van der Waals surface area contributed by atoms with Crippen molar-refractivity contribution in [2.75, 3.05) is 19.0 Å². The molecular formula is C21H21N3O3S. The van der Waals surface area contributed by atoms with Gasteiger partial charge in [0.15, 0.2) is 5.13 Å². The Morgan fingerprint density at radius 2 is 2.14 bits per heavy atom. The number of hydrogen-bond donors (Lipinski definition) is 2. The number of benzene rings is 2. The molecule has 0 unspecified atom stereocenters. The van der Waals surface area contributed by atoms with Gasteiger partial charge >= 0.3 is 0 Å². The van der Waals surface area contributed by atoms with E-state index in [1.165, 1.54) is 16.9 Å². The van der Waals surface area contributed by atoms with Crippen LogP contribution in [-0.2, 0) is 13.0 Å². The Kier molecular flexibility index (Phi) is 5.16. The monoisotopic (exact) mass is 395 g/mol. The number of methoxy groups -OCH3 is 1. The minimum atomic E-state index is -0.125. The van der Waals surface area contributed by atoms with E-state index < -0.39 is 0 Å². The first-order chi connectivity index (χ1) is 13.6. The van der Waals surface area contributed by atoms with Crippen LogP contribution in [0.5, 0.6) is 11.5 Å². The van der Waals surface area contributed by atoms with Gasteiger partial charge in [-0.15, -0.1) is 0 Å². The summed E-state index contributed by atoms with van der Waals surface area (Å²) in [5, 5.41) is 6.87. The summed E-state index contributed by atoms with van der Waals surface area (Å²) in [6.07, 6.45) is 0.920. The van der Waals surface area contributed by atoms with Crippen molar-refractivity contribution in [3.8, 4) is 11.5 Å². The number of para-hydroxylation sites is 2. The number of anilines is 2. The molecule has 0 fully saturated rings. The quantitative estimate of drug-likeness (QED) is 0.658. The molecule has 2 N–H and O–H groups in total. The van der Waals surface area contributed by atoms with Gasteiger partial charge in [-0.1, -0.05) is 35.6 Å². The predicted octanol–water partition coefficient (Wildman–Crippen LogP) is 4.07. The number of fused-ring (bicyclic) bond motifs is 1. The summed E-state index contributed by atoms with van der Waals surface area (Å²) < 4.78 is 10.9. The molecule has 28 heavy (non-hydrogen) atoms. The fraction of sp³-hybridized carbons (Fsp3) is 0.238. The molecule has 1 amide bonds. The van der Waals surface area contributed by atoms with Crippen LogP contribution < -0.4 is 20.1 Å². The minimum Gasteiger partial charge on any atom is -0.495 e. The van der Waals surface area contributed by atoms with Gasteiger partial charge in [0.1, 0.15) is 16.4 Å². The van der Waals surface area contributed by atoms with E-state index in [0.717, 1.165) is 35.8 Å². The van der Waals surface area contributed by atoms with E-state index in [1.807, 2.05) is 43.3 Å². The highest BCUT2D eigenvalue weighted by Gasteiger charge is 2.17. The molecule has 4 rings (SSSR count). The van der Waals surface area contributed by atoms with Gasteiger partial charge in [0.2, 0.25) is 0 Å². The van der Waals surface area contributed by atoms with Gasteiger partial charge in [0, 0.05) is 13.0 Å². The van der Waals surface area contributed by atoms with Crippen LogP contribution in [0.3, 0.4) is 0 Å². The Bertz CT molecular complexity index is 1020. The highest BCUT2D eigenvalue weighted by molar-refractivity contribution is 7.17. The maximum atomic E-state index is 12.6. The second-order valence-electron chi connectivity index (χ2n) is 6.48. The van der Waals surface area contributed by atoms with Crippen LogP contribution in [0.4, 0.5) is 10.8 Å². The highest BCUT2D eigenvalue weighted by Crippen LogP contribution is 2.31. The first-order valence-electron chi connectivity index (χ1n) is 9.04. The molecule has 2 aromatic carbocycles. The molecule has 0 saturated carbocycles. The van der Waals surface area contributed by atoms with Crippen molar-refractivity contribution in [2.24, 2.45) is 0 Å². The highest BCUT2D eigenvalue weighted by atomic mass is 32.1. The zero-order valence-electron chi connectivity index (χ0n) is 15.7. The zero-order valence-corrected chi connectivity index (χ0v) is 16.6. The average molecular weight is 395 g/mol. The number of thiazole rings is 1. The maximum Gasteiger partial charge on any atom is 0.263 e. The van der Waals surface area contributed by atoms with Crippen LogP contribution >= 0.6 is 11.3 Å². The number of carbonyl (C=O) groups is 1. The largest absolute Gasteiger partial charge is 0.495 e. The van der Waals surface area contributed by atoms with Crippen LogP contribution in [0.2, 0.25) is 0 Å². The first-order valence-corrected chi connectivity index (χ1v) is 9.86. The van der Waals surface area contributed by atoms with Crippen molar-refractivity contribution >= 4 is 28.1 Å². The number of aryl methyl sites for hydroxylation is 1. The number of ether oxygens (including phenoxy) is 2. The van der Waals surface area contributed by atoms with Crippen LogP contribution in [0.1, 0.15) is 26.5 Å². The Morgan fingerprint density at radius 3 is 3.00 bits per heavy atom. The van der Waals surface area contributed by atoms with E-state index in [0.29, 0.717) is 22.2 Å². The van der Waals surface area contributed by atoms with Crippen molar-refractivity contribution in [1.82, 2.24) is 10.3 Å². The lowest BCUT2D eigenvalue weighted by atomic mass is 10.1. The Labute approximate surface area is 167 Å². The molecule has 0 spiro atoms. The second kappa shape index (κ2) is 7.90. The van der Waals surface area contributed by atoms with Crippen molar-refractivity contribution in [1.29, 1.82) is 0 Å². The van der Waals surface area contributed by atoms with Gasteiger partial charge in [0.05, 0.1) is 25.1 Å². The zero-order chi connectivity index (χ0) is 19.5. The van der Waals surface area contributed by atoms with Crippen molar-refractivity contribution in [3.05, 3.63) is 64.2 Å². The fourth-order valence-corrected chi connectivity index (χ4v) is 4.03. The summed E-state index contributed by atoms with van der Waals surface area (Å²) >= 11 is 1.33. The summed E-state index contributed by atoms with van der Waals surface area (Å²) in [5.74, 6) is 1.54. The molecule has 0 atom stereocenters. The Balaban J connectivity index is 1.43. The van der Waals surface area contributed by atoms with E-state index in [2.05, 4.69) is 21.7 Å². The maximum absolute atomic E-state index is 12.6. The summed E-state index contributed by atoms with van der Waals surface area (Å²) in [5.41, 5.74) is 3.77. The van der Waals surface area contributed by atoms with Crippen LogP contribution in [-0.4, -0.2) is 24.6 Å². The van der Waals surface area contributed by atoms with E-state index in [1.54, 1.807) is 7.11 Å². The third-order valence-electron chi connectivity index (χ3n) is 4.56. The van der Waals surface area contributed by atoms with Gasteiger partial charge in [-0.25, -0.2) is 4.98 Å². The molecular weight excluding hydrogens is 374 g/mol. The molecule has 3 aromatic rings. The summed E-state index contributed by atoms with van der Waals surface area (Å²) in [7, 11) is 1.62. The molecule has 1 aliphatic heterocycles. The second-order valence-corrected chi connectivity index (χ2v) is 7.48. The number of nitrogens with one attached hydrogen (secondary N) is 2. The normalized spacial score (nSPS) is 12.2. The number of amides is 1. The number of rotatable bonds is 6. The number of carbonyl (C=O) groups excluding carboxylic acids is 1. The molecule has 0 saturated heterocycles. The molecule has 0 radical (unpaired) electrons. The lowest BCUT2D eigenvalue weighted by Gasteiger charge is -2.08. The lowest BCUT2D eigenvalue weighted by Crippen LogP contribution is -2.22. The van der Waals surface area contributed by atoms with E-state index >= 15 is 0 Å². The van der Waals surface area contributed by atoms with Gasteiger partial charge in [-0.05, 0) is 36.2 Å². The smallest absolute Gasteiger partial charge is 0.263 e. The predicted molar refractivity (Wildman–Crippen MR) is 110 cm³/mol. The van der Waals surface area contributed by atoms with E-state index in [-0.39, 0.29) is 5.91 Å². The summed E-state index contributed by atoms with van der Waals surface area (Å²) in [6, 6.07) is 13.7. The molecule has 7 heteroatoms. The third-order valence-corrected chi connectivity index (χ3v) is 5.63. The summed E-state index contributed by atoms with van der Waals surface area (Å²) in [6.45, 7) is 3.04. The molecule has 1 aliphatic rings. The molecule has 1 aromatic heterocycles. The van der Waals surface area contributed by atoms with Crippen molar-refractivity contribution in [2.45, 2.75) is 19.9 Å². The Morgan fingerprint density at radius 1 is 1.29 bits per heavy atom. The minimum absolute atomic E-state index is 0.125. The van der Waals surface area contributed by atoms with Crippen LogP contribution in [0.25, 0.3) is 0 Å². The van der Waals surface area contributed by atoms with Crippen LogP contribution in [0, 0.1) is 6.92 Å². The standard InChI is InChI=1S/C21H21N3O3S/c1-13-19(28-21(23-13)24-16-5-3-4-6-18(16)26-2)20(25)22-12-14-7-8-17-15(11-14)9-10-27-17/h3-8,11H,9-10,12H2,1-2H3,(H,22,25)(H,23,24). The van der Waals surface area contributed by atoms with Gasteiger partial charge in [-0.3, -0.25) is 4.79 Å². The van der Waals surface area contributed by atoms with Crippen LogP contribution in [0.15, 0.2) is 42.5 Å². The van der Waals surface area contributed by atoms with Gasteiger partial charge in [-0.2, -0.15) is 0 Å². The van der Waals surface area contributed by atoms with Crippen molar-refractivity contribution < 1.29 is 14.3 Å². The lowest BCUT2D eigenvalue weighted by molar-refractivity contribution is 0.0954. The summed E-state index contributed by atoms with van der Waals surface area (Å²) in [4.78, 5) is 17.7. The first kappa shape index (κ1) is 18.3. The number of nitrogens with zero attached hydrogens (tertiary/aromatic N) is 1. The molecule has 0 bridgehead atoms. The molecule has 0 aliphatic carbocycles. The average Bonchev–Trinajstić information content (AvgIpc) is 3.32. The molecule has 144 valence electrons. The number of aromatic nitrogens is 1.